The number of aromatic carboxylic acids is 3. The van der Waals surface area contributed by atoms with Gasteiger partial charge in [-0.2, -0.15) is 0 Å². The van der Waals surface area contributed by atoms with Crippen LogP contribution in [0.5, 0.6) is 17.2 Å². The van der Waals surface area contributed by atoms with Crippen LogP contribution in [0.3, 0.4) is 0 Å². The van der Waals surface area contributed by atoms with Gasteiger partial charge in [0.1, 0.15) is 0 Å². The molecule has 0 amide bonds. The summed E-state index contributed by atoms with van der Waals surface area (Å²) in [6, 6.07) is 16.6. The molecule has 0 heterocycles. The summed E-state index contributed by atoms with van der Waals surface area (Å²) in [5.41, 5.74) is -0.535. The third-order valence-corrected chi connectivity index (χ3v) is 3.35. The average molecular weight is 493 g/mol. The van der Waals surface area contributed by atoms with Gasteiger partial charge in [-0.15, -0.1) is 0 Å². The molecule has 9 nitrogen and oxygen atoms in total. The van der Waals surface area contributed by atoms with Crippen molar-refractivity contribution < 1.29 is 91.4 Å². The second-order valence-electron chi connectivity index (χ2n) is 5.40. The first-order valence-electron chi connectivity index (χ1n) is 8.13. The fraction of sp³-hybridized carbons (Fsp3) is 0. The van der Waals surface area contributed by atoms with Gasteiger partial charge < -0.3 is 30.6 Å². The molecule has 1 radical (unpaired) electrons. The molecule has 0 aliphatic rings. The number of carboxylic acids is 3. The maximum Gasteiger partial charge on any atom is 2.00 e. The quantitative estimate of drug-likeness (QED) is 0.361. The summed E-state index contributed by atoms with van der Waals surface area (Å²) in [6.45, 7) is 0. The van der Waals surface area contributed by atoms with E-state index in [9.17, 15) is 29.7 Å². The molecule has 3 aromatic rings. The van der Waals surface area contributed by atoms with E-state index >= 15 is 0 Å². The molecule has 0 unspecified atom stereocenters. The van der Waals surface area contributed by atoms with Gasteiger partial charge >= 0.3 is 64.2 Å². The Hall–Kier alpha value is -3.02. The first-order chi connectivity index (χ1) is 14.1. The molecule has 163 valence electrons. The van der Waals surface area contributed by atoms with Crippen molar-refractivity contribution in [3.8, 4) is 17.2 Å². The van der Waals surface area contributed by atoms with Gasteiger partial charge in [0, 0.05) is 0 Å². The molecule has 0 spiro atoms. The Morgan fingerprint density at radius 2 is 0.688 bits per heavy atom. The minimum absolute atomic E-state index is 0. The molecule has 32 heavy (non-hydrogen) atoms. The minimum Gasteiger partial charge on any atom is -0.872 e. The summed E-state index contributed by atoms with van der Waals surface area (Å²) in [4.78, 5) is 30.7. The van der Waals surface area contributed by atoms with E-state index in [1.54, 1.807) is 0 Å². The van der Waals surface area contributed by atoms with Crippen LogP contribution in [0.1, 0.15) is 31.1 Å². The second kappa shape index (κ2) is 15.7. The summed E-state index contributed by atoms with van der Waals surface area (Å²) in [7, 11) is 0. The number of hydrogen-bond acceptors (Lipinski definition) is 6. The predicted octanol–water partition coefficient (Wildman–Crippen LogP) is -1.62. The number of para-hydroxylation sites is 3. The van der Waals surface area contributed by atoms with Crippen molar-refractivity contribution in [3.05, 3.63) is 89.5 Å². The van der Waals surface area contributed by atoms with Crippen molar-refractivity contribution in [1.82, 2.24) is 0 Å². The number of benzene rings is 3. The van der Waals surface area contributed by atoms with Crippen LogP contribution >= 0.6 is 0 Å². The monoisotopic (exact) mass is 493 g/mol. The number of rotatable bonds is 3. The van der Waals surface area contributed by atoms with Gasteiger partial charge in [0.25, 0.3) is 0 Å². The zero-order valence-corrected chi connectivity index (χ0v) is 19.6. The smallest absolute Gasteiger partial charge is 0.872 e. The molecule has 0 bridgehead atoms. The Kier molecular flexibility index (Phi) is 15.3. The van der Waals surface area contributed by atoms with Crippen LogP contribution in [0.2, 0.25) is 0 Å². The first kappa shape index (κ1) is 31.2. The largest absolute Gasteiger partial charge is 2.00 e. The van der Waals surface area contributed by atoms with Crippen LogP contribution in [0.15, 0.2) is 72.8 Å². The zero-order chi connectivity index (χ0) is 22.7. The molecule has 3 N–H and O–H groups in total. The predicted molar refractivity (Wildman–Crippen MR) is 98.5 cm³/mol. The van der Waals surface area contributed by atoms with E-state index in [4.69, 9.17) is 15.3 Å². The molecule has 3 aromatic carbocycles. The van der Waals surface area contributed by atoms with Gasteiger partial charge in [-0.25, -0.2) is 14.4 Å². The van der Waals surface area contributed by atoms with Crippen molar-refractivity contribution in [3.63, 3.8) is 0 Å². The van der Waals surface area contributed by atoms with Crippen LogP contribution < -0.4 is 44.9 Å². The summed E-state index contributed by atoms with van der Waals surface area (Å²) in [5, 5.41) is 57.1. The van der Waals surface area contributed by atoms with Crippen LogP contribution in [0.25, 0.3) is 0 Å². The first-order valence-corrected chi connectivity index (χ1v) is 8.13. The van der Waals surface area contributed by atoms with Gasteiger partial charge in [0.15, 0.2) is 0 Å². The van der Waals surface area contributed by atoms with Crippen LogP contribution in [-0.2, 0) is 16.8 Å². The van der Waals surface area contributed by atoms with Crippen LogP contribution in [-0.4, -0.2) is 33.2 Å². The van der Waals surface area contributed by atoms with Gasteiger partial charge in [0.05, 0.1) is 16.7 Å². The summed E-state index contributed by atoms with van der Waals surface area (Å²) >= 11 is 0. The van der Waals surface area contributed by atoms with Crippen molar-refractivity contribution in [1.29, 1.82) is 0 Å². The SMILES string of the molecule is O=C(O)c1ccccc1[O-].O=C(O)c1ccccc1[O-].O=C(O)c1ccccc1[O-].[Co+2].[Na+]. The standard InChI is InChI=1S/3C7H6O3.Co.Na/c3*8-6-4-2-1-3-5(6)7(9)10;;/h3*1-4,8H,(H,9,10);;/q;;;+2;+1/p-3. The molecule has 0 atom stereocenters. The number of carboxylic acid groups (broad SMARTS) is 3. The average Bonchev–Trinajstić information content (AvgIpc) is 2.69. The maximum absolute atomic E-state index is 10.7. The van der Waals surface area contributed by atoms with E-state index < -0.39 is 35.2 Å². The van der Waals surface area contributed by atoms with Crippen molar-refractivity contribution in [2.45, 2.75) is 0 Å². The van der Waals surface area contributed by atoms with E-state index in [0.29, 0.717) is 0 Å². The summed E-state index contributed by atoms with van der Waals surface area (Å²) in [6.07, 6.45) is 0. The molecule has 0 aliphatic carbocycles. The van der Waals surface area contributed by atoms with Gasteiger partial charge in [-0.3, -0.25) is 0 Å². The van der Waals surface area contributed by atoms with E-state index in [1.165, 1.54) is 72.8 Å². The second-order valence-corrected chi connectivity index (χ2v) is 5.40. The fourth-order valence-electron chi connectivity index (χ4n) is 1.93. The molecule has 0 fully saturated rings. The minimum atomic E-state index is -1.18. The molecule has 0 aliphatic heterocycles. The summed E-state index contributed by atoms with van der Waals surface area (Å²) in [5.74, 6) is -4.87. The van der Waals surface area contributed by atoms with Crippen LogP contribution in [0.4, 0.5) is 0 Å². The Bertz CT molecular complexity index is 909. The zero-order valence-electron chi connectivity index (χ0n) is 16.6. The number of carbonyl (C=O) groups is 3. The Morgan fingerprint density at radius 1 is 0.500 bits per heavy atom. The van der Waals surface area contributed by atoms with Crippen molar-refractivity contribution >= 4 is 17.9 Å². The van der Waals surface area contributed by atoms with Gasteiger partial charge in [-0.1, -0.05) is 71.8 Å². The topological polar surface area (TPSA) is 181 Å². The molecule has 0 saturated heterocycles. The molecular formula is C21H15CoNaO9. The van der Waals surface area contributed by atoms with Crippen molar-refractivity contribution in [2.75, 3.05) is 0 Å². The van der Waals surface area contributed by atoms with E-state index in [2.05, 4.69) is 0 Å². The molecule has 3 rings (SSSR count). The Labute approximate surface area is 215 Å². The fourth-order valence-corrected chi connectivity index (χ4v) is 1.93. The van der Waals surface area contributed by atoms with Gasteiger partial charge in [-0.05, 0) is 18.2 Å². The van der Waals surface area contributed by atoms with E-state index in [0.717, 1.165) is 0 Å². The third-order valence-electron chi connectivity index (χ3n) is 3.35. The maximum atomic E-state index is 10.7. The van der Waals surface area contributed by atoms with E-state index in [1.807, 2.05) is 0 Å². The van der Waals surface area contributed by atoms with Crippen molar-refractivity contribution in [2.24, 2.45) is 0 Å². The van der Waals surface area contributed by atoms with Crippen LogP contribution in [0, 0.1) is 0 Å². The Morgan fingerprint density at radius 3 is 0.812 bits per heavy atom. The van der Waals surface area contributed by atoms with Gasteiger partial charge in [0.2, 0.25) is 0 Å². The number of hydrogen-bond donors (Lipinski definition) is 3. The molecular weight excluding hydrogens is 478 g/mol. The molecule has 11 heteroatoms. The van der Waals surface area contributed by atoms with E-state index in [-0.39, 0.29) is 63.0 Å². The normalized spacial score (nSPS) is 8.62. The Balaban J connectivity index is 0. The third kappa shape index (κ3) is 10.3. The molecule has 0 aromatic heterocycles. The molecule has 0 saturated carbocycles. The summed E-state index contributed by atoms with van der Waals surface area (Å²) < 4.78 is 0.